The van der Waals surface area contributed by atoms with Crippen LogP contribution in [0, 0.1) is 5.92 Å². The van der Waals surface area contributed by atoms with Gasteiger partial charge in [0.05, 0.1) is 11.2 Å². The van der Waals surface area contributed by atoms with E-state index in [0.717, 1.165) is 18.4 Å². The monoisotopic (exact) mass is 282 g/mol. The van der Waals surface area contributed by atoms with Crippen LogP contribution in [-0.2, 0) is 4.79 Å². The van der Waals surface area contributed by atoms with Crippen molar-refractivity contribution in [3.05, 3.63) is 46.0 Å². The number of hydrazone groups is 1. The predicted molar refractivity (Wildman–Crippen MR) is 74.1 cm³/mol. The maximum atomic E-state index is 11.6. The van der Waals surface area contributed by atoms with Gasteiger partial charge >= 0.3 is 0 Å². The molecule has 0 bridgehead atoms. The van der Waals surface area contributed by atoms with E-state index in [4.69, 9.17) is 23.2 Å². The van der Waals surface area contributed by atoms with Crippen LogP contribution < -0.4 is 5.43 Å². The first-order chi connectivity index (χ1) is 8.56. The van der Waals surface area contributed by atoms with Crippen LogP contribution in [-0.4, -0.2) is 12.1 Å². The Labute approximate surface area is 115 Å². The molecule has 0 saturated heterocycles. The highest BCUT2D eigenvalue weighted by Crippen LogP contribution is 2.31. The summed E-state index contributed by atoms with van der Waals surface area (Å²) < 4.78 is 0. The van der Waals surface area contributed by atoms with Crippen LogP contribution in [0.3, 0.4) is 0 Å². The zero-order valence-corrected chi connectivity index (χ0v) is 11.1. The van der Waals surface area contributed by atoms with Crippen molar-refractivity contribution in [3.63, 3.8) is 0 Å². The normalized spacial score (nSPS) is 15.8. The Morgan fingerprint density at radius 2 is 2.17 bits per heavy atom. The second-order valence-electron chi connectivity index (χ2n) is 4.26. The molecule has 1 fully saturated rings. The summed E-state index contributed by atoms with van der Waals surface area (Å²) in [5, 5.41) is 4.94. The van der Waals surface area contributed by atoms with Gasteiger partial charge in [-0.3, -0.25) is 4.79 Å². The number of hydrogen-bond donors (Lipinski definition) is 1. The minimum Gasteiger partial charge on any atom is -0.273 e. The van der Waals surface area contributed by atoms with Crippen molar-refractivity contribution in [3.8, 4) is 0 Å². The lowest BCUT2D eigenvalue weighted by Crippen LogP contribution is -2.32. The molecule has 1 aromatic rings. The van der Waals surface area contributed by atoms with Gasteiger partial charge in [-0.2, -0.15) is 5.10 Å². The number of halogens is 2. The Kier molecular flexibility index (Phi) is 4.04. The predicted octanol–water partition coefficient (Wildman–Crippen LogP) is 3.41. The lowest BCUT2D eigenvalue weighted by molar-refractivity contribution is -0.126. The second kappa shape index (κ2) is 5.55. The van der Waals surface area contributed by atoms with Gasteiger partial charge in [0, 0.05) is 16.5 Å². The van der Waals surface area contributed by atoms with Gasteiger partial charge in [-0.05, 0) is 25.0 Å². The number of nitrogens with one attached hydrogen (secondary N) is 1. The Hall–Kier alpha value is -1.32. The first kappa shape index (κ1) is 13.1. The standard InChI is InChI=1S/C13H12Cl2N2O/c1-8-4-10(5-8)13(18)17-16-7-9-2-3-11(14)6-12(9)15/h2-3,6-7,10H,1,4-5H2,(H,17,18)/b16-7+. The summed E-state index contributed by atoms with van der Waals surface area (Å²) in [6, 6.07) is 5.08. The quantitative estimate of drug-likeness (QED) is 0.515. The van der Waals surface area contributed by atoms with Crippen molar-refractivity contribution in [2.24, 2.45) is 11.0 Å². The topological polar surface area (TPSA) is 41.5 Å². The van der Waals surface area contributed by atoms with E-state index in [9.17, 15) is 4.79 Å². The van der Waals surface area contributed by atoms with Gasteiger partial charge in [-0.1, -0.05) is 41.4 Å². The summed E-state index contributed by atoms with van der Waals surface area (Å²) in [5.41, 5.74) is 4.31. The molecular weight excluding hydrogens is 271 g/mol. The molecule has 0 spiro atoms. The average molecular weight is 283 g/mol. The molecule has 94 valence electrons. The molecule has 3 nitrogen and oxygen atoms in total. The van der Waals surface area contributed by atoms with E-state index in [1.165, 1.54) is 6.21 Å². The van der Waals surface area contributed by atoms with Crippen molar-refractivity contribution in [1.29, 1.82) is 0 Å². The number of benzene rings is 1. The van der Waals surface area contributed by atoms with E-state index in [1.54, 1.807) is 18.2 Å². The summed E-state index contributed by atoms with van der Waals surface area (Å²) in [4.78, 5) is 11.6. The molecule has 1 aromatic carbocycles. The first-order valence-electron chi connectivity index (χ1n) is 5.51. The summed E-state index contributed by atoms with van der Waals surface area (Å²) in [6.45, 7) is 3.79. The fourth-order valence-electron chi connectivity index (χ4n) is 1.69. The van der Waals surface area contributed by atoms with Gasteiger partial charge in [-0.25, -0.2) is 5.43 Å². The molecule has 0 aromatic heterocycles. The molecule has 2 rings (SSSR count). The highest BCUT2D eigenvalue weighted by molar-refractivity contribution is 6.36. The number of carbonyl (C=O) groups is 1. The third-order valence-corrected chi connectivity index (χ3v) is 3.34. The van der Waals surface area contributed by atoms with Crippen molar-refractivity contribution in [2.75, 3.05) is 0 Å². The first-order valence-corrected chi connectivity index (χ1v) is 6.26. The molecule has 1 saturated carbocycles. The van der Waals surface area contributed by atoms with Crippen molar-refractivity contribution in [1.82, 2.24) is 5.43 Å². The molecule has 0 aliphatic heterocycles. The number of carbonyl (C=O) groups excluding carboxylic acids is 1. The Balaban J connectivity index is 1.91. The Morgan fingerprint density at radius 3 is 2.78 bits per heavy atom. The smallest absolute Gasteiger partial charge is 0.243 e. The summed E-state index contributed by atoms with van der Waals surface area (Å²) in [6.07, 6.45) is 3.01. The molecule has 1 aliphatic rings. The van der Waals surface area contributed by atoms with Gasteiger partial charge in [-0.15, -0.1) is 0 Å². The Morgan fingerprint density at radius 1 is 1.44 bits per heavy atom. The highest BCUT2D eigenvalue weighted by atomic mass is 35.5. The van der Waals surface area contributed by atoms with Crippen LogP contribution in [0.5, 0.6) is 0 Å². The van der Waals surface area contributed by atoms with Crippen LogP contribution >= 0.6 is 23.2 Å². The van der Waals surface area contributed by atoms with Crippen LogP contribution in [0.4, 0.5) is 0 Å². The molecule has 0 radical (unpaired) electrons. The fraction of sp³-hybridized carbons (Fsp3) is 0.231. The van der Waals surface area contributed by atoms with Crippen LogP contribution in [0.25, 0.3) is 0 Å². The van der Waals surface area contributed by atoms with E-state index < -0.39 is 0 Å². The molecule has 18 heavy (non-hydrogen) atoms. The molecule has 1 aliphatic carbocycles. The van der Waals surface area contributed by atoms with E-state index in [1.807, 2.05) is 0 Å². The number of nitrogens with zero attached hydrogens (tertiary/aromatic N) is 1. The van der Waals surface area contributed by atoms with Gasteiger partial charge in [0.25, 0.3) is 0 Å². The van der Waals surface area contributed by atoms with Gasteiger partial charge < -0.3 is 0 Å². The summed E-state index contributed by atoms with van der Waals surface area (Å²) in [7, 11) is 0. The van der Waals surface area contributed by atoms with Gasteiger partial charge in [0.1, 0.15) is 0 Å². The summed E-state index contributed by atoms with van der Waals surface area (Å²) in [5.74, 6) is -0.0703. The third kappa shape index (κ3) is 3.12. The average Bonchev–Trinajstić information content (AvgIpc) is 2.27. The number of hydrogen-bond acceptors (Lipinski definition) is 2. The SMILES string of the molecule is C=C1CC(C(=O)N/N=C/c2ccc(Cl)cc2Cl)C1. The molecule has 1 N–H and O–H groups in total. The molecular formula is C13H12Cl2N2O. The van der Waals surface area contributed by atoms with Gasteiger partial charge in [0.2, 0.25) is 5.91 Å². The highest BCUT2D eigenvalue weighted by Gasteiger charge is 2.27. The maximum Gasteiger partial charge on any atom is 0.243 e. The number of amides is 1. The van der Waals surface area contributed by atoms with Gasteiger partial charge in [0.15, 0.2) is 0 Å². The zero-order valence-electron chi connectivity index (χ0n) is 9.62. The third-order valence-electron chi connectivity index (χ3n) is 2.78. The fourth-order valence-corrected chi connectivity index (χ4v) is 2.14. The Bertz CT molecular complexity index is 518. The second-order valence-corrected chi connectivity index (χ2v) is 5.10. The van der Waals surface area contributed by atoms with Crippen molar-refractivity contribution < 1.29 is 4.79 Å². The number of allylic oxidation sites excluding steroid dienone is 1. The zero-order chi connectivity index (χ0) is 13.1. The minimum atomic E-state index is -0.0799. The van der Waals surface area contributed by atoms with Crippen molar-refractivity contribution in [2.45, 2.75) is 12.8 Å². The minimum absolute atomic E-state index is 0.00957. The maximum absolute atomic E-state index is 11.6. The lowest BCUT2D eigenvalue weighted by Gasteiger charge is -2.25. The lowest BCUT2D eigenvalue weighted by atomic mass is 9.81. The number of rotatable bonds is 3. The van der Waals surface area contributed by atoms with Crippen LogP contribution in [0.2, 0.25) is 10.0 Å². The van der Waals surface area contributed by atoms with Crippen LogP contribution in [0.15, 0.2) is 35.5 Å². The van der Waals surface area contributed by atoms with E-state index in [2.05, 4.69) is 17.1 Å². The molecule has 5 heteroatoms. The van der Waals surface area contributed by atoms with Crippen molar-refractivity contribution >= 4 is 35.3 Å². The molecule has 0 unspecified atom stereocenters. The molecule has 0 atom stereocenters. The van der Waals surface area contributed by atoms with E-state index >= 15 is 0 Å². The molecule has 0 heterocycles. The van der Waals surface area contributed by atoms with E-state index in [0.29, 0.717) is 15.6 Å². The molecule has 1 amide bonds. The van der Waals surface area contributed by atoms with E-state index in [-0.39, 0.29) is 11.8 Å². The summed E-state index contributed by atoms with van der Waals surface area (Å²) >= 11 is 11.7. The largest absolute Gasteiger partial charge is 0.273 e. The van der Waals surface area contributed by atoms with Crippen LogP contribution in [0.1, 0.15) is 18.4 Å².